The molecular weight excluding hydrogens is 605 g/mol. The van der Waals surface area contributed by atoms with Gasteiger partial charge in [-0.3, -0.25) is 0 Å². The molecule has 234 valence electrons. The van der Waals surface area contributed by atoms with Gasteiger partial charge in [-0.1, -0.05) is 146 Å². The van der Waals surface area contributed by atoms with Gasteiger partial charge in [0.15, 0.2) is 0 Å². The number of aromatic nitrogens is 1. The normalized spacial score (nSPS) is 11.6. The molecule has 0 saturated carbocycles. The van der Waals surface area contributed by atoms with E-state index in [0.29, 0.717) is 0 Å². The van der Waals surface area contributed by atoms with Gasteiger partial charge in [-0.15, -0.1) is 0 Å². The summed E-state index contributed by atoms with van der Waals surface area (Å²) >= 11 is 0. The maximum Gasteiger partial charge on any atom is 0.0562 e. The summed E-state index contributed by atoms with van der Waals surface area (Å²) in [6.07, 6.45) is 0. The van der Waals surface area contributed by atoms with Crippen LogP contribution in [0.1, 0.15) is 0 Å². The van der Waals surface area contributed by atoms with Gasteiger partial charge in [-0.05, 0) is 86.6 Å². The second kappa shape index (κ2) is 11.5. The fourth-order valence-electron chi connectivity index (χ4n) is 7.95. The first-order chi connectivity index (χ1) is 24.8. The molecule has 0 spiro atoms. The molecule has 2 nitrogen and oxygen atoms in total. The number of nitrogens with zero attached hydrogens (tertiary/aromatic N) is 2. The Morgan fingerprint density at radius 1 is 0.340 bits per heavy atom. The first kappa shape index (κ1) is 28.4. The van der Waals surface area contributed by atoms with Crippen LogP contribution in [0.5, 0.6) is 0 Å². The summed E-state index contributed by atoms with van der Waals surface area (Å²) in [7, 11) is 0. The molecule has 0 aliphatic rings. The zero-order valence-electron chi connectivity index (χ0n) is 27.4. The van der Waals surface area contributed by atoms with Crippen molar-refractivity contribution in [2.24, 2.45) is 0 Å². The number of hydrogen-bond acceptors (Lipinski definition) is 1. The predicted molar refractivity (Wildman–Crippen MR) is 213 cm³/mol. The third-order valence-corrected chi connectivity index (χ3v) is 10.1. The predicted octanol–water partition coefficient (Wildman–Crippen LogP) is 13.4. The number of fused-ring (bicyclic) bond motifs is 8. The van der Waals surface area contributed by atoms with Crippen LogP contribution < -0.4 is 4.90 Å². The van der Waals surface area contributed by atoms with Gasteiger partial charge in [0.05, 0.1) is 22.4 Å². The highest BCUT2D eigenvalue weighted by atomic mass is 15.1. The van der Waals surface area contributed by atoms with Crippen LogP contribution in [0.15, 0.2) is 194 Å². The minimum absolute atomic E-state index is 1.11. The lowest BCUT2D eigenvalue weighted by Gasteiger charge is -2.29. The Balaban J connectivity index is 1.34. The molecule has 0 bridgehead atoms. The minimum atomic E-state index is 1.11. The number of anilines is 3. The molecule has 0 aliphatic heterocycles. The van der Waals surface area contributed by atoms with Gasteiger partial charge < -0.3 is 9.47 Å². The number of benzene rings is 9. The van der Waals surface area contributed by atoms with Crippen molar-refractivity contribution >= 4 is 71.2 Å². The van der Waals surface area contributed by atoms with E-state index in [0.717, 1.165) is 22.7 Å². The van der Waals surface area contributed by atoms with E-state index in [9.17, 15) is 0 Å². The van der Waals surface area contributed by atoms with Crippen LogP contribution in [-0.4, -0.2) is 4.57 Å². The summed E-state index contributed by atoms with van der Waals surface area (Å²) in [5.74, 6) is 0. The van der Waals surface area contributed by atoms with Gasteiger partial charge in [0.25, 0.3) is 0 Å². The molecule has 10 rings (SSSR count). The Labute approximate surface area is 290 Å². The van der Waals surface area contributed by atoms with Crippen molar-refractivity contribution in [2.45, 2.75) is 0 Å². The average Bonchev–Trinajstić information content (AvgIpc) is 3.54. The Hall–Kier alpha value is -6.64. The van der Waals surface area contributed by atoms with Crippen LogP contribution in [0.3, 0.4) is 0 Å². The lowest BCUT2D eigenvalue weighted by molar-refractivity contribution is 1.18. The molecule has 0 aliphatic carbocycles. The zero-order chi connectivity index (χ0) is 33.0. The molecule has 0 atom stereocenters. The second-order valence-corrected chi connectivity index (χ2v) is 12.9. The largest absolute Gasteiger partial charge is 0.309 e. The molecule has 1 heterocycles. The summed E-state index contributed by atoms with van der Waals surface area (Å²) in [6.45, 7) is 0. The Kier molecular flexibility index (Phi) is 6.53. The number of hydrogen-bond donors (Lipinski definition) is 0. The van der Waals surface area contributed by atoms with E-state index in [2.05, 4.69) is 204 Å². The molecular formula is C48H32N2. The molecule has 0 N–H and O–H groups in total. The zero-order valence-corrected chi connectivity index (χ0v) is 27.4. The van der Waals surface area contributed by atoms with Gasteiger partial charge in [0, 0.05) is 27.5 Å². The molecule has 0 fully saturated rings. The first-order valence-corrected chi connectivity index (χ1v) is 17.2. The maximum absolute atomic E-state index is 2.49. The van der Waals surface area contributed by atoms with Crippen molar-refractivity contribution in [3.63, 3.8) is 0 Å². The first-order valence-electron chi connectivity index (χ1n) is 17.2. The van der Waals surface area contributed by atoms with Gasteiger partial charge in [0.2, 0.25) is 0 Å². The van der Waals surface area contributed by atoms with Gasteiger partial charge >= 0.3 is 0 Å². The van der Waals surface area contributed by atoms with Gasteiger partial charge in [0.1, 0.15) is 0 Å². The Morgan fingerprint density at radius 3 is 1.80 bits per heavy atom. The smallest absolute Gasteiger partial charge is 0.0562 e. The molecule has 0 radical (unpaired) electrons. The van der Waals surface area contributed by atoms with E-state index in [-0.39, 0.29) is 0 Å². The van der Waals surface area contributed by atoms with Gasteiger partial charge in [-0.2, -0.15) is 0 Å². The molecule has 0 unspecified atom stereocenters. The highest BCUT2D eigenvalue weighted by Gasteiger charge is 2.23. The van der Waals surface area contributed by atoms with Crippen molar-refractivity contribution in [1.82, 2.24) is 4.57 Å². The summed E-state index contributed by atoms with van der Waals surface area (Å²) < 4.78 is 2.40. The second-order valence-electron chi connectivity index (χ2n) is 12.9. The fourth-order valence-corrected chi connectivity index (χ4v) is 7.95. The van der Waals surface area contributed by atoms with Crippen LogP contribution in [-0.2, 0) is 0 Å². The number of para-hydroxylation sites is 2. The third-order valence-electron chi connectivity index (χ3n) is 10.1. The summed E-state index contributed by atoms with van der Waals surface area (Å²) in [6, 6.07) is 70.5. The summed E-state index contributed by atoms with van der Waals surface area (Å²) in [5.41, 5.74) is 9.30. The summed E-state index contributed by atoms with van der Waals surface area (Å²) in [5, 5.41) is 9.95. The average molecular weight is 637 g/mol. The van der Waals surface area contributed by atoms with E-state index in [1.807, 2.05) is 0 Å². The topological polar surface area (TPSA) is 8.17 Å². The van der Waals surface area contributed by atoms with E-state index in [4.69, 9.17) is 0 Å². The van der Waals surface area contributed by atoms with E-state index >= 15 is 0 Å². The van der Waals surface area contributed by atoms with E-state index in [1.54, 1.807) is 0 Å². The van der Waals surface area contributed by atoms with Crippen LogP contribution in [0.4, 0.5) is 17.1 Å². The summed E-state index contributed by atoms with van der Waals surface area (Å²) in [4.78, 5) is 2.49. The molecule has 2 heteroatoms. The Morgan fingerprint density at radius 2 is 0.960 bits per heavy atom. The van der Waals surface area contributed by atoms with Crippen molar-refractivity contribution in [1.29, 1.82) is 0 Å². The quantitative estimate of drug-likeness (QED) is 0.171. The maximum atomic E-state index is 2.49. The van der Waals surface area contributed by atoms with Crippen molar-refractivity contribution in [2.75, 3.05) is 4.90 Å². The Bertz CT molecular complexity index is 2870. The van der Waals surface area contributed by atoms with Crippen molar-refractivity contribution in [3.05, 3.63) is 194 Å². The van der Waals surface area contributed by atoms with Crippen molar-refractivity contribution < 1.29 is 0 Å². The van der Waals surface area contributed by atoms with Crippen molar-refractivity contribution in [3.8, 4) is 16.8 Å². The standard InChI is InChI=1S/C48H32N2/c1-3-15-33(16-4-1)35-18-13-21-38(31-35)50(46-32-36-30-29-34-17-7-8-22-39(34)47(36)41-24-10-9-23-40(41)46)45-28-14-27-44-48(45)42-25-11-12-26-43(42)49(44)37-19-5-2-6-20-37/h1-32H. The fraction of sp³-hybridized carbons (Fsp3) is 0. The van der Waals surface area contributed by atoms with Crippen LogP contribution in [0.2, 0.25) is 0 Å². The minimum Gasteiger partial charge on any atom is -0.309 e. The molecule has 0 amide bonds. The van der Waals surface area contributed by atoms with E-state index in [1.165, 1.54) is 65.3 Å². The van der Waals surface area contributed by atoms with Crippen LogP contribution >= 0.6 is 0 Å². The highest BCUT2D eigenvalue weighted by molar-refractivity contribution is 6.25. The monoisotopic (exact) mass is 636 g/mol. The molecule has 50 heavy (non-hydrogen) atoms. The molecule has 10 aromatic rings. The molecule has 0 saturated heterocycles. The molecule has 1 aromatic heterocycles. The molecule has 9 aromatic carbocycles. The highest BCUT2D eigenvalue weighted by Crippen LogP contribution is 2.48. The lowest BCUT2D eigenvalue weighted by Crippen LogP contribution is -2.11. The lowest BCUT2D eigenvalue weighted by atomic mass is 9.94. The third kappa shape index (κ3) is 4.43. The van der Waals surface area contributed by atoms with Gasteiger partial charge in [-0.25, -0.2) is 0 Å². The SMILES string of the molecule is c1ccc(-c2cccc(N(c3cc4ccc5ccccc5c4c4ccccc34)c3cccc4c3c3ccccc3n4-c3ccccc3)c2)cc1. The van der Waals surface area contributed by atoms with Crippen LogP contribution in [0.25, 0.3) is 70.9 Å². The number of rotatable bonds is 5. The van der Waals surface area contributed by atoms with Crippen LogP contribution in [0, 0.1) is 0 Å². The van der Waals surface area contributed by atoms with E-state index < -0.39 is 0 Å².